The van der Waals surface area contributed by atoms with Gasteiger partial charge in [-0.05, 0) is 74.5 Å². The molecule has 3 aliphatic carbocycles. The van der Waals surface area contributed by atoms with Crippen molar-refractivity contribution in [2.24, 2.45) is 23.2 Å². The number of esters is 1. The molecule has 0 bridgehead atoms. The number of ether oxygens (including phenoxy) is 1. The van der Waals surface area contributed by atoms with Gasteiger partial charge in [-0.3, -0.25) is 4.79 Å². The van der Waals surface area contributed by atoms with Crippen molar-refractivity contribution in [1.29, 1.82) is 0 Å². The van der Waals surface area contributed by atoms with Gasteiger partial charge in [0.25, 0.3) is 0 Å². The Morgan fingerprint density at radius 2 is 2.12 bits per heavy atom. The van der Waals surface area contributed by atoms with Gasteiger partial charge >= 0.3 is 5.97 Å². The summed E-state index contributed by atoms with van der Waals surface area (Å²) in [6.07, 6.45) is 10.8. The molecule has 2 N–H and O–H groups in total. The minimum atomic E-state index is -0.0665. The van der Waals surface area contributed by atoms with Crippen molar-refractivity contribution in [2.75, 3.05) is 6.54 Å². The van der Waals surface area contributed by atoms with E-state index in [-0.39, 0.29) is 35.4 Å². The second-order valence-electron chi connectivity index (χ2n) is 11.3. The fourth-order valence-electron chi connectivity index (χ4n) is 7.33. The van der Waals surface area contributed by atoms with Crippen LogP contribution in [-0.2, 0) is 16.0 Å². The van der Waals surface area contributed by atoms with Crippen molar-refractivity contribution in [2.45, 2.75) is 77.9 Å². The number of carbonyl (C=O) groups is 1. The Balaban J connectivity index is 1.24. The van der Waals surface area contributed by atoms with Crippen LogP contribution in [0.5, 0.6) is 0 Å². The van der Waals surface area contributed by atoms with Gasteiger partial charge in [0.15, 0.2) is 0 Å². The van der Waals surface area contributed by atoms with Crippen molar-refractivity contribution in [3.63, 3.8) is 0 Å². The van der Waals surface area contributed by atoms with Gasteiger partial charge < -0.3 is 15.0 Å². The number of rotatable bonds is 3. The Hall–Kier alpha value is -2.07. The predicted molar refractivity (Wildman–Crippen MR) is 127 cm³/mol. The number of aryl methyl sites for hydroxylation is 2. The van der Waals surface area contributed by atoms with Crippen molar-refractivity contribution >= 4 is 16.9 Å². The molecule has 32 heavy (non-hydrogen) atoms. The molecule has 1 aromatic heterocycles. The number of carbonyl (C=O) groups excluding carboxylic acids is 1. The number of aromatic amines is 1. The standard InChI is InChI=1S/C28H36N2O2/c1-16-9-10-23-19(12-16)18-7-4-8-24(26(18)30-23)29-15-21-20-13-22-17(2)6-5-11-28(22,3)14-25(20)32-27(21)31/h9-10,12-13,17,20-21,24-25,29-30H,4-8,11,14-15H2,1-3H3/t17-,20+,21?,24?,25+,28+/m0/s1. The number of fused-ring (bicyclic) bond motifs is 5. The lowest BCUT2D eigenvalue weighted by Crippen LogP contribution is -2.40. The van der Waals surface area contributed by atoms with E-state index in [1.165, 1.54) is 53.4 Å². The third-order valence-electron chi connectivity index (χ3n) is 9.03. The first-order valence-corrected chi connectivity index (χ1v) is 12.7. The molecule has 6 atom stereocenters. The SMILES string of the molecule is Cc1ccc2[nH]c3c(c2c1)CCCC3NCC1C(=O)O[C@@H]2C[C@@]3(C)CCC[C@H](C)C3=C[C@H]12. The van der Waals surface area contributed by atoms with E-state index in [0.717, 1.165) is 19.3 Å². The largest absolute Gasteiger partial charge is 0.461 e. The highest BCUT2D eigenvalue weighted by Crippen LogP contribution is 2.54. The Bertz CT molecular complexity index is 1100. The highest BCUT2D eigenvalue weighted by Gasteiger charge is 2.51. The van der Waals surface area contributed by atoms with Crippen molar-refractivity contribution < 1.29 is 9.53 Å². The number of hydrogen-bond acceptors (Lipinski definition) is 3. The summed E-state index contributed by atoms with van der Waals surface area (Å²) >= 11 is 0. The van der Waals surface area contributed by atoms with E-state index in [9.17, 15) is 4.79 Å². The van der Waals surface area contributed by atoms with Crippen LogP contribution < -0.4 is 5.32 Å². The number of H-pyrrole nitrogens is 1. The van der Waals surface area contributed by atoms with E-state index in [1.807, 2.05) is 0 Å². The first kappa shape index (κ1) is 20.5. The van der Waals surface area contributed by atoms with Crippen LogP contribution >= 0.6 is 0 Å². The maximum absolute atomic E-state index is 12.9. The van der Waals surface area contributed by atoms with Crippen LogP contribution in [0.2, 0.25) is 0 Å². The second-order valence-corrected chi connectivity index (χ2v) is 11.3. The normalized spacial score (nSPS) is 36.3. The van der Waals surface area contributed by atoms with E-state index in [4.69, 9.17) is 4.74 Å². The molecule has 6 rings (SSSR count). The zero-order valence-electron chi connectivity index (χ0n) is 19.7. The number of aromatic nitrogens is 1. The summed E-state index contributed by atoms with van der Waals surface area (Å²) in [6.45, 7) is 7.63. The summed E-state index contributed by atoms with van der Waals surface area (Å²) in [5.74, 6) is 0.799. The molecule has 1 aromatic carbocycles. The maximum Gasteiger partial charge on any atom is 0.311 e. The highest BCUT2D eigenvalue weighted by atomic mass is 16.6. The monoisotopic (exact) mass is 432 g/mol. The summed E-state index contributed by atoms with van der Waals surface area (Å²) < 4.78 is 5.97. The van der Waals surface area contributed by atoms with Crippen molar-refractivity contribution in [1.82, 2.24) is 10.3 Å². The fraction of sp³-hybridized carbons (Fsp3) is 0.607. The van der Waals surface area contributed by atoms with Crippen LogP contribution in [-0.4, -0.2) is 23.6 Å². The second kappa shape index (κ2) is 7.48. The molecule has 0 amide bonds. The zero-order valence-corrected chi connectivity index (χ0v) is 19.7. The molecule has 4 nitrogen and oxygen atoms in total. The van der Waals surface area contributed by atoms with Crippen LogP contribution in [0.4, 0.5) is 0 Å². The van der Waals surface area contributed by atoms with Gasteiger partial charge in [-0.25, -0.2) is 0 Å². The lowest BCUT2D eigenvalue weighted by atomic mass is 9.59. The van der Waals surface area contributed by atoms with E-state index in [0.29, 0.717) is 12.5 Å². The third-order valence-corrected chi connectivity index (χ3v) is 9.03. The van der Waals surface area contributed by atoms with Gasteiger partial charge in [0.2, 0.25) is 0 Å². The van der Waals surface area contributed by atoms with Crippen LogP contribution in [0.3, 0.4) is 0 Å². The Morgan fingerprint density at radius 3 is 3.00 bits per heavy atom. The number of hydrogen-bond donors (Lipinski definition) is 2. The Kier molecular flexibility index (Phi) is 4.80. The average Bonchev–Trinajstić information content (AvgIpc) is 3.27. The quantitative estimate of drug-likeness (QED) is 0.479. The molecule has 0 radical (unpaired) electrons. The Morgan fingerprint density at radius 1 is 1.25 bits per heavy atom. The smallest absolute Gasteiger partial charge is 0.311 e. The van der Waals surface area contributed by atoms with Crippen LogP contribution in [0.25, 0.3) is 10.9 Å². The van der Waals surface area contributed by atoms with E-state index >= 15 is 0 Å². The molecular formula is C28H36N2O2. The van der Waals surface area contributed by atoms with Crippen molar-refractivity contribution in [3.05, 3.63) is 46.7 Å². The molecular weight excluding hydrogens is 396 g/mol. The molecule has 2 fully saturated rings. The molecule has 2 heterocycles. The lowest BCUT2D eigenvalue weighted by molar-refractivity contribution is -0.145. The minimum absolute atomic E-state index is 0.00237. The lowest BCUT2D eigenvalue weighted by Gasteiger charge is -2.46. The molecule has 2 aromatic rings. The number of allylic oxidation sites excluding steroid dienone is 1. The van der Waals surface area contributed by atoms with Gasteiger partial charge in [0, 0.05) is 35.1 Å². The third kappa shape index (κ3) is 3.17. The van der Waals surface area contributed by atoms with Gasteiger partial charge in [0.05, 0.1) is 5.92 Å². The first-order chi connectivity index (χ1) is 15.4. The molecule has 170 valence electrons. The van der Waals surface area contributed by atoms with Crippen LogP contribution in [0, 0.1) is 30.1 Å². The van der Waals surface area contributed by atoms with E-state index in [1.54, 1.807) is 5.57 Å². The summed E-state index contributed by atoms with van der Waals surface area (Å²) in [4.78, 5) is 16.6. The molecule has 1 saturated carbocycles. The zero-order chi connectivity index (χ0) is 22.0. The fourth-order valence-corrected chi connectivity index (χ4v) is 7.33. The van der Waals surface area contributed by atoms with Gasteiger partial charge in [0.1, 0.15) is 6.10 Å². The summed E-state index contributed by atoms with van der Waals surface area (Å²) in [7, 11) is 0. The van der Waals surface area contributed by atoms with E-state index in [2.05, 4.69) is 55.3 Å². The average molecular weight is 433 g/mol. The summed E-state index contributed by atoms with van der Waals surface area (Å²) in [5.41, 5.74) is 7.16. The van der Waals surface area contributed by atoms with Crippen LogP contribution in [0.15, 0.2) is 29.8 Å². The molecule has 0 spiro atoms. The molecule has 2 unspecified atom stereocenters. The topological polar surface area (TPSA) is 54.1 Å². The van der Waals surface area contributed by atoms with Gasteiger partial charge in [-0.2, -0.15) is 0 Å². The summed E-state index contributed by atoms with van der Waals surface area (Å²) in [5, 5.41) is 5.16. The van der Waals surface area contributed by atoms with Crippen LogP contribution in [0.1, 0.15) is 75.2 Å². The number of benzene rings is 1. The molecule has 1 saturated heterocycles. The summed E-state index contributed by atoms with van der Waals surface area (Å²) in [6, 6.07) is 6.98. The highest BCUT2D eigenvalue weighted by molar-refractivity contribution is 5.85. The predicted octanol–water partition coefficient (Wildman–Crippen LogP) is 5.76. The van der Waals surface area contributed by atoms with Gasteiger partial charge in [-0.15, -0.1) is 0 Å². The minimum Gasteiger partial charge on any atom is -0.461 e. The maximum atomic E-state index is 12.9. The first-order valence-electron chi connectivity index (χ1n) is 12.7. The molecule has 4 heteroatoms. The Labute approximate surface area is 191 Å². The molecule has 1 aliphatic heterocycles. The molecule has 4 aliphatic rings. The van der Waals surface area contributed by atoms with Gasteiger partial charge in [-0.1, -0.05) is 43.5 Å². The van der Waals surface area contributed by atoms with E-state index < -0.39 is 0 Å². The number of nitrogens with one attached hydrogen (secondary N) is 2. The van der Waals surface area contributed by atoms with Crippen molar-refractivity contribution in [3.8, 4) is 0 Å².